The Labute approximate surface area is 125 Å². The topological polar surface area (TPSA) is 80.5 Å². The number of rotatable bonds is 5. The van der Waals surface area contributed by atoms with Gasteiger partial charge in [-0.2, -0.15) is 0 Å². The van der Waals surface area contributed by atoms with Crippen molar-refractivity contribution in [2.45, 2.75) is 46.1 Å². The number of hydrogen-bond acceptors (Lipinski definition) is 5. The molecule has 0 N–H and O–H groups in total. The number of sulfone groups is 1. The normalized spacial score (nSPS) is 20.6. The summed E-state index contributed by atoms with van der Waals surface area (Å²) in [5.41, 5.74) is 1.78. The minimum Gasteiger partial charge on any atom is -0.361 e. The largest absolute Gasteiger partial charge is 0.361 e. The predicted octanol–water partition coefficient (Wildman–Crippen LogP) is 1.26. The van der Waals surface area contributed by atoms with Gasteiger partial charge in [0.05, 0.1) is 17.2 Å². The van der Waals surface area contributed by atoms with Crippen LogP contribution in [0.15, 0.2) is 4.52 Å². The molecular weight excluding hydrogens is 292 g/mol. The van der Waals surface area contributed by atoms with Gasteiger partial charge in [0, 0.05) is 24.6 Å². The molecule has 2 heterocycles. The molecule has 0 radical (unpaired) electrons. The smallest absolute Gasteiger partial charge is 0.223 e. The third kappa shape index (κ3) is 3.64. The maximum atomic E-state index is 12.4. The van der Waals surface area contributed by atoms with Crippen LogP contribution >= 0.6 is 0 Å². The summed E-state index contributed by atoms with van der Waals surface area (Å²) in [6.45, 7) is 6.12. The number of hydrogen-bond donors (Lipinski definition) is 0. The molecule has 1 amide bonds. The van der Waals surface area contributed by atoms with Crippen LogP contribution in [0.4, 0.5) is 0 Å². The molecule has 0 saturated carbocycles. The Balaban J connectivity index is 1.98. The zero-order valence-electron chi connectivity index (χ0n) is 12.8. The van der Waals surface area contributed by atoms with E-state index in [1.807, 2.05) is 20.8 Å². The molecule has 1 aliphatic rings. The van der Waals surface area contributed by atoms with Gasteiger partial charge in [-0.05, 0) is 33.6 Å². The van der Waals surface area contributed by atoms with Gasteiger partial charge in [0.2, 0.25) is 5.91 Å². The lowest BCUT2D eigenvalue weighted by molar-refractivity contribution is -0.132. The van der Waals surface area contributed by atoms with Crippen LogP contribution in [-0.2, 0) is 21.1 Å². The molecule has 118 valence electrons. The van der Waals surface area contributed by atoms with E-state index in [2.05, 4.69) is 5.16 Å². The van der Waals surface area contributed by atoms with Gasteiger partial charge in [0.25, 0.3) is 0 Å². The van der Waals surface area contributed by atoms with Crippen LogP contribution < -0.4 is 0 Å². The lowest BCUT2D eigenvalue weighted by Gasteiger charge is -2.26. The van der Waals surface area contributed by atoms with Crippen LogP contribution in [0, 0.1) is 13.8 Å². The Morgan fingerprint density at radius 2 is 2.14 bits per heavy atom. The van der Waals surface area contributed by atoms with Crippen LogP contribution in [0.5, 0.6) is 0 Å². The van der Waals surface area contributed by atoms with E-state index in [9.17, 15) is 13.2 Å². The first-order chi connectivity index (χ1) is 9.84. The van der Waals surface area contributed by atoms with Crippen molar-refractivity contribution in [3.8, 4) is 0 Å². The fourth-order valence-corrected chi connectivity index (χ4v) is 4.62. The van der Waals surface area contributed by atoms with Gasteiger partial charge < -0.3 is 9.42 Å². The van der Waals surface area contributed by atoms with Gasteiger partial charge in [-0.3, -0.25) is 4.79 Å². The molecule has 1 aliphatic heterocycles. The highest BCUT2D eigenvalue weighted by Gasteiger charge is 2.33. The highest BCUT2D eigenvalue weighted by Crippen LogP contribution is 2.20. The molecule has 1 fully saturated rings. The van der Waals surface area contributed by atoms with Crippen molar-refractivity contribution in [2.75, 3.05) is 18.1 Å². The second-order valence-electron chi connectivity index (χ2n) is 5.54. The standard InChI is InChI=1S/C14H22N2O4S/c1-4-16(12-7-8-21(18,19)9-12)14(17)6-5-13-10(2)15-20-11(13)3/h12H,4-9H2,1-3H3. The van der Waals surface area contributed by atoms with Crippen molar-refractivity contribution in [3.05, 3.63) is 17.0 Å². The van der Waals surface area contributed by atoms with Gasteiger partial charge >= 0.3 is 0 Å². The third-order valence-electron chi connectivity index (χ3n) is 4.08. The van der Waals surface area contributed by atoms with E-state index >= 15 is 0 Å². The Bertz CT molecular complexity index is 601. The molecule has 0 aromatic carbocycles. The van der Waals surface area contributed by atoms with Crippen molar-refractivity contribution < 1.29 is 17.7 Å². The lowest BCUT2D eigenvalue weighted by Crippen LogP contribution is -2.41. The van der Waals surface area contributed by atoms with Gasteiger partial charge in [-0.15, -0.1) is 0 Å². The molecular formula is C14H22N2O4S. The summed E-state index contributed by atoms with van der Waals surface area (Å²) in [4.78, 5) is 14.1. The first-order valence-corrected chi connectivity index (χ1v) is 9.08. The quantitative estimate of drug-likeness (QED) is 0.817. The van der Waals surface area contributed by atoms with E-state index in [0.717, 1.165) is 17.0 Å². The van der Waals surface area contributed by atoms with Crippen LogP contribution in [0.2, 0.25) is 0 Å². The van der Waals surface area contributed by atoms with Crippen LogP contribution in [-0.4, -0.2) is 48.5 Å². The fraction of sp³-hybridized carbons (Fsp3) is 0.714. The minimum absolute atomic E-state index is 0.000370. The summed E-state index contributed by atoms with van der Waals surface area (Å²) in [7, 11) is -2.97. The molecule has 6 nitrogen and oxygen atoms in total. The Kier molecular flexibility index (Phi) is 4.70. The molecule has 1 aromatic rings. The van der Waals surface area contributed by atoms with E-state index in [4.69, 9.17) is 4.52 Å². The Hall–Kier alpha value is -1.37. The molecule has 1 saturated heterocycles. The van der Waals surface area contributed by atoms with Crippen molar-refractivity contribution in [3.63, 3.8) is 0 Å². The van der Waals surface area contributed by atoms with E-state index in [-0.39, 0.29) is 23.5 Å². The summed E-state index contributed by atoms with van der Waals surface area (Å²) in [6, 6.07) is -0.169. The molecule has 7 heteroatoms. The van der Waals surface area contributed by atoms with E-state index < -0.39 is 9.84 Å². The number of carbonyl (C=O) groups excluding carboxylic acids is 1. The monoisotopic (exact) mass is 314 g/mol. The molecule has 21 heavy (non-hydrogen) atoms. The average molecular weight is 314 g/mol. The lowest BCUT2D eigenvalue weighted by atomic mass is 10.1. The molecule has 0 spiro atoms. The summed E-state index contributed by atoms with van der Waals surface area (Å²) >= 11 is 0. The Morgan fingerprint density at radius 1 is 1.43 bits per heavy atom. The number of nitrogens with zero attached hydrogens (tertiary/aromatic N) is 2. The van der Waals surface area contributed by atoms with Crippen LogP contribution in [0.3, 0.4) is 0 Å². The zero-order valence-corrected chi connectivity index (χ0v) is 13.6. The van der Waals surface area contributed by atoms with Crippen molar-refractivity contribution >= 4 is 15.7 Å². The molecule has 1 unspecified atom stereocenters. The maximum Gasteiger partial charge on any atom is 0.223 e. The first kappa shape index (κ1) is 16.0. The number of aryl methyl sites for hydroxylation is 2. The predicted molar refractivity (Wildman–Crippen MR) is 78.7 cm³/mol. The Morgan fingerprint density at radius 3 is 2.62 bits per heavy atom. The van der Waals surface area contributed by atoms with E-state index in [1.165, 1.54) is 0 Å². The molecule has 0 bridgehead atoms. The van der Waals surface area contributed by atoms with E-state index in [0.29, 0.717) is 25.8 Å². The van der Waals surface area contributed by atoms with Gasteiger partial charge in [0.1, 0.15) is 5.76 Å². The summed E-state index contributed by atoms with van der Waals surface area (Å²) < 4.78 is 28.2. The number of amides is 1. The second kappa shape index (κ2) is 6.17. The van der Waals surface area contributed by atoms with E-state index in [1.54, 1.807) is 4.90 Å². The van der Waals surface area contributed by atoms with Gasteiger partial charge in [0.15, 0.2) is 9.84 Å². The van der Waals surface area contributed by atoms with Crippen LogP contribution in [0.1, 0.15) is 36.8 Å². The van der Waals surface area contributed by atoms with Crippen molar-refractivity contribution in [1.82, 2.24) is 10.1 Å². The van der Waals surface area contributed by atoms with Gasteiger partial charge in [-0.1, -0.05) is 5.16 Å². The van der Waals surface area contributed by atoms with Gasteiger partial charge in [-0.25, -0.2) is 8.42 Å². The summed E-state index contributed by atoms with van der Waals surface area (Å²) in [5, 5.41) is 3.88. The summed E-state index contributed by atoms with van der Waals surface area (Å²) in [5.74, 6) is 1.02. The zero-order chi connectivity index (χ0) is 15.6. The number of aromatic nitrogens is 1. The molecule has 1 atom stereocenters. The van der Waals surface area contributed by atoms with Crippen LogP contribution in [0.25, 0.3) is 0 Å². The third-order valence-corrected chi connectivity index (χ3v) is 5.83. The SMILES string of the molecule is CCN(C(=O)CCc1c(C)noc1C)C1CCS(=O)(=O)C1. The molecule has 1 aromatic heterocycles. The highest BCUT2D eigenvalue weighted by atomic mass is 32.2. The summed E-state index contributed by atoms with van der Waals surface area (Å²) in [6.07, 6.45) is 1.48. The fourth-order valence-electron chi connectivity index (χ4n) is 2.89. The molecule has 0 aliphatic carbocycles. The maximum absolute atomic E-state index is 12.4. The van der Waals surface area contributed by atoms with Crippen molar-refractivity contribution in [2.24, 2.45) is 0 Å². The highest BCUT2D eigenvalue weighted by molar-refractivity contribution is 7.91. The first-order valence-electron chi connectivity index (χ1n) is 7.25. The number of carbonyl (C=O) groups is 1. The second-order valence-corrected chi connectivity index (χ2v) is 7.77. The van der Waals surface area contributed by atoms with Crippen molar-refractivity contribution in [1.29, 1.82) is 0 Å². The minimum atomic E-state index is -2.97. The molecule has 2 rings (SSSR count). The average Bonchev–Trinajstić information content (AvgIpc) is 2.92.